The number of thioether (sulfide) groups is 1. The summed E-state index contributed by atoms with van der Waals surface area (Å²) in [5.74, 6) is -0.0589. The van der Waals surface area contributed by atoms with E-state index in [1.165, 1.54) is 4.90 Å². The van der Waals surface area contributed by atoms with Crippen LogP contribution in [-0.2, 0) is 4.79 Å². The molecule has 0 aliphatic carbocycles. The van der Waals surface area contributed by atoms with Crippen molar-refractivity contribution in [1.82, 2.24) is 4.90 Å². The molecule has 1 heterocycles. The molecule has 1 aliphatic heterocycles. The third-order valence-electron chi connectivity index (χ3n) is 2.70. The van der Waals surface area contributed by atoms with Crippen LogP contribution in [0, 0.1) is 5.92 Å². The third kappa shape index (κ3) is 3.19. The molecule has 1 saturated heterocycles. The quantitative estimate of drug-likeness (QED) is 0.755. The lowest BCUT2D eigenvalue weighted by atomic mass is 10.2. The zero-order chi connectivity index (χ0) is 14.9. The van der Waals surface area contributed by atoms with Gasteiger partial charge in [-0.3, -0.25) is 14.5 Å². The van der Waals surface area contributed by atoms with Gasteiger partial charge in [0.2, 0.25) is 0 Å². The summed E-state index contributed by atoms with van der Waals surface area (Å²) in [6.45, 7) is 4.33. The van der Waals surface area contributed by atoms with Gasteiger partial charge in [0.05, 0.1) is 4.91 Å². The van der Waals surface area contributed by atoms with Gasteiger partial charge in [-0.1, -0.05) is 43.1 Å². The van der Waals surface area contributed by atoms with Crippen molar-refractivity contribution >= 4 is 52.2 Å². The first-order valence-corrected chi connectivity index (χ1v) is 7.66. The van der Waals surface area contributed by atoms with E-state index in [0.717, 1.165) is 11.8 Å². The number of rotatable bonds is 3. The lowest BCUT2D eigenvalue weighted by Gasteiger charge is -2.14. The predicted molar refractivity (Wildman–Crippen MR) is 84.0 cm³/mol. The van der Waals surface area contributed by atoms with Crippen LogP contribution in [0.25, 0.3) is 6.08 Å². The van der Waals surface area contributed by atoms with E-state index in [-0.39, 0.29) is 17.1 Å². The molecule has 0 radical (unpaired) electrons. The van der Waals surface area contributed by atoms with Crippen molar-refractivity contribution in [2.24, 2.45) is 5.92 Å². The van der Waals surface area contributed by atoms with Crippen molar-refractivity contribution in [3.05, 3.63) is 38.7 Å². The maximum atomic E-state index is 12.2. The van der Waals surface area contributed by atoms with Crippen LogP contribution < -0.4 is 0 Å². The number of carbonyl (C=O) groups is 2. The van der Waals surface area contributed by atoms with Gasteiger partial charge < -0.3 is 0 Å². The van der Waals surface area contributed by atoms with Crippen LogP contribution in [0.1, 0.15) is 19.4 Å². The van der Waals surface area contributed by atoms with Crippen molar-refractivity contribution in [2.45, 2.75) is 13.8 Å². The van der Waals surface area contributed by atoms with Crippen LogP contribution in [0.5, 0.6) is 0 Å². The molecule has 0 N–H and O–H groups in total. The molecule has 0 bridgehead atoms. The molecule has 0 aromatic heterocycles. The number of hydrogen-bond acceptors (Lipinski definition) is 3. The number of halogens is 2. The molecule has 1 fully saturated rings. The molecule has 1 aliphatic rings. The second kappa shape index (κ2) is 6.20. The molecule has 20 heavy (non-hydrogen) atoms. The Morgan fingerprint density at radius 1 is 1.25 bits per heavy atom. The number of imide groups is 1. The summed E-state index contributed by atoms with van der Waals surface area (Å²) in [4.78, 5) is 25.7. The summed E-state index contributed by atoms with van der Waals surface area (Å²) in [5, 5.41) is 0.652. The molecule has 3 nitrogen and oxygen atoms in total. The topological polar surface area (TPSA) is 37.4 Å². The molecule has 2 amide bonds. The van der Waals surface area contributed by atoms with Gasteiger partial charge in [0.15, 0.2) is 0 Å². The first kappa shape index (κ1) is 15.4. The van der Waals surface area contributed by atoms with Crippen LogP contribution in [0.2, 0.25) is 10.0 Å². The zero-order valence-electron chi connectivity index (χ0n) is 11.0. The first-order valence-electron chi connectivity index (χ1n) is 6.09. The second-order valence-corrected chi connectivity index (χ2v) is 6.63. The summed E-state index contributed by atoms with van der Waals surface area (Å²) in [6.07, 6.45) is 1.58. The molecule has 0 saturated carbocycles. The summed E-state index contributed by atoms with van der Waals surface area (Å²) < 4.78 is 0. The Balaban J connectivity index is 2.33. The van der Waals surface area contributed by atoms with Crippen molar-refractivity contribution in [1.29, 1.82) is 0 Å². The monoisotopic (exact) mass is 329 g/mol. The lowest BCUT2D eigenvalue weighted by Crippen LogP contribution is -2.31. The Morgan fingerprint density at radius 3 is 2.40 bits per heavy atom. The van der Waals surface area contributed by atoms with Crippen LogP contribution >= 0.6 is 35.0 Å². The van der Waals surface area contributed by atoms with Crippen molar-refractivity contribution < 1.29 is 9.59 Å². The molecular formula is C14H13Cl2NO2S. The largest absolute Gasteiger partial charge is 0.293 e. The minimum atomic E-state index is -0.287. The summed E-state index contributed by atoms with van der Waals surface area (Å²) >= 11 is 13.0. The standard InChI is InChI=1S/C14H13Cl2NO2S/c1-8(2)7-17-13(18)12(20-14(17)19)6-9-10(15)4-3-5-11(9)16/h3-6,8H,7H2,1-2H3/b12-6+. The molecule has 0 spiro atoms. The Morgan fingerprint density at radius 2 is 1.85 bits per heavy atom. The number of nitrogens with zero attached hydrogens (tertiary/aromatic N) is 1. The fourth-order valence-corrected chi connectivity index (χ4v) is 3.14. The lowest BCUT2D eigenvalue weighted by molar-refractivity contribution is -0.123. The average Bonchev–Trinajstić information content (AvgIpc) is 2.61. The number of carbonyl (C=O) groups excluding carboxylic acids is 2. The van der Waals surface area contributed by atoms with E-state index in [2.05, 4.69) is 0 Å². The van der Waals surface area contributed by atoms with E-state index in [1.54, 1.807) is 24.3 Å². The molecule has 2 rings (SSSR count). The Kier molecular flexibility index (Phi) is 4.78. The van der Waals surface area contributed by atoms with E-state index >= 15 is 0 Å². The Labute approximate surface area is 131 Å². The van der Waals surface area contributed by atoms with Crippen LogP contribution in [-0.4, -0.2) is 22.6 Å². The van der Waals surface area contributed by atoms with Gasteiger partial charge >= 0.3 is 0 Å². The minimum absolute atomic E-state index is 0.228. The molecule has 6 heteroatoms. The highest BCUT2D eigenvalue weighted by atomic mass is 35.5. The maximum Gasteiger partial charge on any atom is 0.293 e. The molecule has 106 valence electrons. The van der Waals surface area contributed by atoms with Crippen LogP contribution in [0.4, 0.5) is 4.79 Å². The summed E-state index contributed by atoms with van der Waals surface area (Å²) in [7, 11) is 0. The minimum Gasteiger partial charge on any atom is -0.268 e. The zero-order valence-corrected chi connectivity index (χ0v) is 13.4. The van der Waals surface area contributed by atoms with E-state index in [1.807, 2.05) is 13.8 Å². The van der Waals surface area contributed by atoms with Gasteiger partial charge in [0, 0.05) is 22.2 Å². The van der Waals surface area contributed by atoms with E-state index in [4.69, 9.17) is 23.2 Å². The van der Waals surface area contributed by atoms with E-state index in [9.17, 15) is 9.59 Å². The molecule has 0 atom stereocenters. The molecule has 0 unspecified atom stereocenters. The Bertz CT molecular complexity index is 579. The SMILES string of the molecule is CC(C)CN1C(=O)S/C(=C/c2c(Cl)cccc2Cl)C1=O. The van der Waals surface area contributed by atoms with Gasteiger partial charge in [0.1, 0.15) is 0 Å². The smallest absolute Gasteiger partial charge is 0.268 e. The fourth-order valence-electron chi connectivity index (χ4n) is 1.80. The fraction of sp³-hybridized carbons (Fsp3) is 0.286. The van der Waals surface area contributed by atoms with Gasteiger partial charge in [-0.15, -0.1) is 0 Å². The van der Waals surface area contributed by atoms with Crippen LogP contribution in [0.3, 0.4) is 0 Å². The third-order valence-corrected chi connectivity index (χ3v) is 4.26. The summed E-state index contributed by atoms with van der Waals surface area (Å²) in [6, 6.07) is 5.11. The van der Waals surface area contributed by atoms with Gasteiger partial charge in [-0.2, -0.15) is 0 Å². The first-order chi connectivity index (χ1) is 9.40. The highest BCUT2D eigenvalue weighted by molar-refractivity contribution is 8.18. The average molecular weight is 330 g/mol. The van der Waals surface area contributed by atoms with Crippen molar-refractivity contribution in [3.63, 3.8) is 0 Å². The molecule has 1 aromatic rings. The summed E-state index contributed by atoms with van der Waals surface area (Å²) in [5.41, 5.74) is 0.561. The second-order valence-electron chi connectivity index (χ2n) is 4.82. The predicted octanol–water partition coefficient (Wildman–Crippen LogP) is 4.69. The van der Waals surface area contributed by atoms with Gasteiger partial charge in [-0.05, 0) is 35.9 Å². The molecule has 1 aromatic carbocycles. The highest BCUT2D eigenvalue weighted by Gasteiger charge is 2.35. The van der Waals surface area contributed by atoms with Crippen molar-refractivity contribution in [2.75, 3.05) is 6.54 Å². The highest BCUT2D eigenvalue weighted by Crippen LogP contribution is 2.35. The normalized spacial score (nSPS) is 17.6. The van der Waals surface area contributed by atoms with Gasteiger partial charge in [0.25, 0.3) is 11.1 Å². The Hall–Kier alpha value is -0.970. The van der Waals surface area contributed by atoms with Crippen LogP contribution in [0.15, 0.2) is 23.1 Å². The number of benzene rings is 1. The maximum absolute atomic E-state index is 12.2. The number of amides is 2. The van der Waals surface area contributed by atoms with E-state index in [0.29, 0.717) is 27.1 Å². The number of hydrogen-bond donors (Lipinski definition) is 0. The van der Waals surface area contributed by atoms with Gasteiger partial charge in [-0.25, -0.2) is 0 Å². The van der Waals surface area contributed by atoms with Crippen molar-refractivity contribution in [3.8, 4) is 0 Å². The molecular weight excluding hydrogens is 317 g/mol. The van der Waals surface area contributed by atoms with E-state index < -0.39 is 0 Å².